The number of halogens is 3. The summed E-state index contributed by atoms with van der Waals surface area (Å²) in [5.74, 6) is 5.31. The average Bonchev–Trinajstić information content (AvgIpc) is 3.07. The fraction of sp³-hybridized carbons (Fsp3) is 0.261. The number of aliphatic carboxylic acids is 1. The molecule has 0 amide bonds. The van der Waals surface area contributed by atoms with Crippen LogP contribution in [0.15, 0.2) is 54.7 Å². The Labute approximate surface area is 177 Å². The van der Waals surface area contributed by atoms with E-state index in [1.165, 1.54) is 24.3 Å². The van der Waals surface area contributed by atoms with Crippen LogP contribution >= 0.6 is 0 Å². The van der Waals surface area contributed by atoms with Crippen molar-refractivity contribution < 1.29 is 32.5 Å². The van der Waals surface area contributed by atoms with Crippen LogP contribution in [0.25, 0.3) is 10.9 Å². The van der Waals surface area contributed by atoms with E-state index >= 15 is 0 Å². The van der Waals surface area contributed by atoms with Crippen molar-refractivity contribution in [3.8, 4) is 23.3 Å². The van der Waals surface area contributed by atoms with Crippen LogP contribution in [0.4, 0.5) is 13.2 Å². The minimum atomic E-state index is -4.72. The lowest BCUT2D eigenvalue weighted by molar-refractivity contribution is -0.274. The van der Waals surface area contributed by atoms with Gasteiger partial charge in [0.25, 0.3) is 0 Å². The van der Waals surface area contributed by atoms with Gasteiger partial charge in [-0.05, 0) is 61.2 Å². The fourth-order valence-corrected chi connectivity index (χ4v) is 2.99. The summed E-state index contributed by atoms with van der Waals surface area (Å²) in [4.78, 5) is 11.0. The number of ether oxygens (including phenoxy) is 2. The molecule has 0 aliphatic carbocycles. The van der Waals surface area contributed by atoms with Crippen LogP contribution < -0.4 is 9.47 Å². The Kier molecular flexibility index (Phi) is 6.75. The smallest absolute Gasteiger partial charge is 0.491 e. The van der Waals surface area contributed by atoms with Gasteiger partial charge in [-0.1, -0.05) is 11.8 Å². The molecule has 5 nitrogen and oxygen atoms in total. The molecule has 1 heterocycles. The summed E-state index contributed by atoms with van der Waals surface area (Å²) in [5, 5.41) is 9.93. The number of carbonyl (C=O) groups is 1. The molecule has 0 spiro atoms. The summed E-state index contributed by atoms with van der Waals surface area (Å²) >= 11 is 0. The van der Waals surface area contributed by atoms with Crippen molar-refractivity contribution in [2.45, 2.75) is 38.8 Å². The van der Waals surface area contributed by atoms with E-state index in [-0.39, 0.29) is 18.4 Å². The molecule has 1 aromatic heterocycles. The maximum atomic E-state index is 12.2. The Morgan fingerprint density at radius 2 is 1.84 bits per heavy atom. The number of hydrogen-bond donors (Lipinski definition) is 1. The molecule has 1 atom stereocenters. The minimum absolute atomic E-state index is 0.124. The summed E-state index contributed by atoms with van der Waals surface area (Å²) in [6.07, 6.45) is -1.93. The van der Waals surface area contributed by atoms with Gasteiger partial charge in [0.15, 0.2) is 0 Å². The molecule has 3 aromatic rings. The highest BCUT2D eigenvalue weighted by Crippen LogP contribution is 2.24. The Morgan fingerprint density at radius 3 is 2.52 bits per heavy atom. The fourth-order valence-electron chi connectivity index (χ4n) is 2.99. The topological polar surface area (TPSA) is 60.7 Å². The van der Waals surface area contributed by atoms with Crippen LogP contribution in [0.5, 0.6) is 11.5 Å². The molecule has 0 bridgehead atoms. The van der Waals surface area contributed by atoms with Crippen LogP contribution in [0.1, 0.15) is 25.3 Å². The van der Waals surface area contributed by atoms with Gasteiger partial charge in [0.2, 0.25) is 0 Å². The van der Waals surface area contributed by atoms with E-state index in [4.69, 9.17) is 9.84 Å². The molecule has 162 valence electrons. The monoisotopic (exact) mass is 431 g/mol. The number of aromatic nitrogens is 1. The molecular weight excluding hydrogens is 411 g/mol. The van der Waals surface area contributed by atoms with Crippen molar-refractivity contribution >= 4 is 16.9 Å². The van der Waals surface area contributed by atoms with Crippen molar-refractivity contribution in [3.05, 3.63) is 60.3 Å². The minimum Gasteiger partial charge on any atom is -0.491 e. The van der Waals surface area contributed by atoms with Crippen LogP contribution in [-0.4, -0.2) is 28.1 Å². The number of hydrogen-bond acceptors (Lipinski definition) is 3. The van der Waals surface area contributed by atoms with E-state index in [1.807, 2.05) is 31.2 Å². The van der Waals surface area contributed by atoms with E-state index in [0.29, 0.717) is 24.2 Å². The molecule has 2 aromatic carbocycles. The SMILES string of the molecule is CC(CCC#Cc1ccc(OC(F)(F)F)cc1)Oc1ccc2ccn(CC(=O)O)c2c1. The number of carboxylic acids is 1. The quantitative estimate of drug-likeness (QED) is 0.521. The highest BCUT2D eigenvalue weighted by Gasteiger charge is 2.30. The van der Waals surface area contributed by atoms with Gasteiger partial charge in [0.1, 0.15) is 18.0 Å². The first-order valence-corrected chi connectivity index (χ1v) is 9.51. The molecule has 0 saturated carbocycles. The maximum absolute atomic E-state index is 12.2. The van der Waals surface area contributed by atoms with Crippen LogP contribution in [0.2, 0.25) is 0 Å². The first-order chi connectivity index (χ1) is 14.7. The lowest BCUT2D eigenvalue weighted by Gasteiger charge is -2.14. The lowest BCUT2D eigenvalue weighted by atomic mass is 10.2. The number of rotatable bonds is 7. The van der Waals surface area contributed by atoms with Crippen molar-refractivity contribution in [1.82, 2.24) is 4.57 Å². The summed E-state index contributed by atoms with van der Waals surface area (Å²) in [6, 6.07) is 12.7. The molecule has 1 N–H and O–H groups in total. The molecule has 31 heavy (non-hydrogen) atoms. The third kappa shape index (κ3) is 6.71. The van der Waals surface area contributed by atoms with Gasteiger partial charge in [-0.2, -0.15) is 0 Å². The molecule has 0 aliphatic rings. The number of alkyl halides is 3. The predicted molar refractivity (Wildman–Crippen MR) is 109 cm³/mol. The predicted octanol–water partition coefficient (Wildman–Crippen LogP) is 5.22. The number of fused-ring (bicyclic) bond motifs is 1. The summed E-state index contributed by atoms with van der Waals surface area (Å²) < 4.78 is 47.9. The van der Waals surface area contributed by atoms with E-state index in [1.54, 1.807) is 10.8 Å². The van der Waals surface area contributed by atoms with Crippen molar-refractivity contribution in [2.24, 2.45) is 0 Å². The van der Waals surface area contributed by atoms with Gasteiger partial charge in [0.05, 0.1) is 11.6 Å². The highest BCUT2D eigenvalue weighted by atomic mass is 19.4. The normalized spacial score (nSPS) is 12.1. The van der Waals surface area contributed by atoms with E-state index < -0.39 is 12.3 Å². The molecule has 0 fully saturated rings. The lowest BCUT2D eigenvalue weighted by Crippen LogP contribution is -2.16. The highest BCUT2D eigenvalue weighted by molar-refractivity contribution is 5.83. The molecule has 0 radical (unpaired) electrons. The van der Waals surface area contributed by atoms with Crippen LogP contribution in [-0.2, 0) is 11.3 Å². The third-order valence-electron chi connectivity index (χ3n) is 4.38. The zero-order valence-corrected chi connectivity index (χ0v) is 16.6. The number of benzene rings is 2. The molecule has 0 aliphatic heterocycles. The number of nitrogens with zero attached hydrogens (tertiary/aromatic N) is 1. The Hall–Kier alpha value is -3.60. The third-order valence-corrected chi connectivity index (χ3v) is 4.38. The number of carboxylic acid groups (broad SMARTS) is 1. The van der Waals surface area contributed by atoms with Crippen LogP contribution in [0, 0.1) is 11.8 Å². The standard InChI is InChI=1S/C23H20F3NO4/c1-16(4-2-3-5-17-6-9-19(10-7-17)31-23(24,25)26)30-20-11-8-18-12-13-27(15-22(28)29)21(18)14-20/h6-14,16H,2,4,15H2,1H3,(H,28,29). The van der Waals surface area contributed by atoms with Crippen molar-refractivity contribution in [3.63, 3.8) is 0 Å². The first kappa shape index (κ1) is 22.1. The van der Waals surface area contributed by atoms with Gasteiger partial charge in [-0.3, -0.25) is 4.79 Å². The van der Waals surface area contributed by atoms with Gasteiger partial charge < -0.3 is 19.1 Å². The van der Waals surface area contributed by atoms with Gasteiger partial charge in [-0.25, -0.2) is 0 Å². The molecule has 3 rings (SSSR count). The van der Waals surface area contributed by atoms with Crippen LogP contribution in [0.3, 0.4) is 0 Å². The molecular formula is C23H20F3NO4. The first-order valence-electron chi connectivity index (χ1n) is 9.51. The zero-order valence-electron chi connectivity index (χ0n) is 16.6. The Bertz CT molecular complexity index is 1110. The maximum Gasteiger partial charge on any atom is 0.573 e. The summed E-state index contributed by atoms with van der Waals surface area (Å²) in [6.45, 7) is 1.78. The van der Waals surface area contributed by atoms with Crippen molar-refractivity contribution in [1.29, 1.82) is 0 Å². The zero-order chi connectivity index (χ0) is 22.4. The second-order valence-electron chi connectivity index (χ2n) is 6.90. The van der Waals surface area contributed by atoms with E-state index in [9.17, 15) is 18.0 Å². The molecule has 8 heteroatoms. The Balaban J connectivity index is 1.53. The summed E-state index contributed by atoms with van der Waals surface area (Å²) in [5.41, 5.74) is 1.37. The van der Waals surface area contributed by atoms with Gasteiger partial charge in [-0.15, -0.1) is 13.2 Å². The largest absolute Gasteiger partial charge is 0.573 e. The van der Waals surface area contributed by atoms with Crippen molar-refractivity contribution in [2.75, 3.05) is 0 Å². The van der Waals surface area contributed by atoms with E-state index in [0.717, 1.165) is 10.9 Å². The second kappa shape index (κ2) is 9.47. The average molecular weight is 431 g/mol. The molecule has 1 unspecified atom stereocenters. The second-order valence-corrected chi connectivity index (χ2v) is 6.90. The van der Waals surface area contributed by atoms with Gasteiger partial charge >= 0.3 is 12.3 Å². The Morgan fingerprint density at radius 1 is 1.13 bits per heavy atom. The van der Waals surface area contributed by atoms with Gasteiger partial charge in [0, 0.05) is 24.2 Å². The summed E-state index contributed by atoms with van der Waals surface area (Å²) in [7, 11) is 0. The van der Waals surface area contributed by atoms with E-state index in [2.05, 4.69) is 16.6 Å². The molecule has 0 saturated heterocycles.